The largest absolute Gasteiger partial charge is 0.396 e. The zero-order valence-electron chi connectivity index (χ0n) is 12.3. The van der Waals surface area contributed by atoms with Gasteiger partial charge in [0.05, 0.1) is 10.8 Å². The number of benzene rings is 1. The molecule has 0 bridgehead atoms. The number of fused-ring (bicyclic) bond motifs is 1. The lowest BCUT2D eigenvalue weighted by atomic mass is 10.0. The fraction of sp³-hybridized carbons (Fsp3) is 0.500. The number of nitrogens with one attached hydrogen (secondary N) is 2. The summed E-state index contributed by atoms with van der Waals surface area (Å²) in [6.07, 6.45) is 0.313. The highest BCUT2D eigenvalue weighted by atomic mass is 32.2. The Balaban J connectivity index is 2.33. The van der Waals surface area contributed by atoms with Gasteiger partial charge in [-0.3, -0.25) is 4.79 Å². The maximum atomic E-state index is 12.4. The summed E-state index contributed by atoms with van der Waals surface area (Å²) < 4.78 is 27.4. The minimum atomic E-state index is -3.70. The summed E-state index contributed by atoms with van der Waals surface area (Å²) in [6, 6.07) is 4.59. The molecule has 1 unspecified atom stereocenters. The molecule has 0 spiro atoms. The van der Waals surface area contributed by atoms with E-state index in [2.05, 4.69) is 10.0 Å². The standard InChI is InChI=1S/C14H20N2O4S/c1-9-11-8-10(4-5-12(11)15-13(9)18)21(19,20)16-14(2,3)6-7-17/h4-5,8-9,16-17H,6-7H2,1-3H3,(H,15,18). The molecule has 3 N–H and O–H groups in total. The number of carbonyl (C=O) groups excluding carboxylic acids is 1. The number of rotatable bonds is 5. The summed E-state index contributed by atoms with van der Waals surface area (Å²) >= 11 is 0. The zero-order chi connectivity index (χ0) is 15.8. The molecule has 0 saturated heterocycles. The predicted octanol–water partition coefficient (Wildman–Crippen LogP) is 1.18. The van der Waals surface area contributed by atoms with Gasteiger partial charge in [0.1, 0.15) is 0 Å². The molecule has 0 radical (unpaired) electrons. The van der Waals surface area contributed by atoms with E-state index in [1.165, 1.54) is 12.1 Å². The van der Waals surface area contributed by atoms with E-state index >= 15 is 0 Å². The van der Waals surface area contributed by atoms with Crippen LogP contribution in [0.4, 0.5) is 5.69 Å². The average Bonchev–Trinajstić information content (AvgIpc) is 2.63. The smallest absolute Gasteiger partial charge is 0.241 e. The first-order valence-corrected chi connectivity index (χ1v) is 8.24. The van der Waals surface area contributed by atoms with Crippen LogP contribution in [0.25, 0.3) is 0 Å². The summed E-state index contributed by atoms with van der Waals surface area (Å²) in [5.74, 6) is -0.492. The number of anilines is 1. The Bertz CT molecular complexity index is 668. The van der Waals surface area contributed by atoms with Crippen molar-refractivity contribution in [3.8, 4) is 0 Å². The van der Waals surface area contributed by atoms with E-state index in [9.17, 15) is 13.2 Å². The molecule has 6 nitrogen and oxygen atoms in total. The van der Waals surface area contributed by atoms with Crippen molar-refractivity contribution >= 4 is 21.6 Å². The van der Waals surface area contributed by atoms with Crippen molar-refractivity contribution in [2.24, 2.45) is 0 Å². The van der Waals surface area contributed by atoms with Crippen LogP contribution in [0.1, 0.15) is 38.7 Å². The van der Waals surface area contributed by atoms with Crippen molar-refractivity contribution in [2.45, 2.75) is 43.5 Å². The van der Waals surface area contributed by atoms with Crippen molar-refractivity contribution < 1.29 is 18.3 Å². The van der Waals surface area contributed by atoms with Gasteiger partial charge < -0.3 is 10.4 Å². The Labute approximate surface area is 124 Å². The normalized spacial score (nSPS) is 18.5. The quantitative estimate of drug-likeness (QED) is 0.761. The maximum Gasteiger partial charge on any atom is 0.241 e. The average molecular weight is 312 g/mol. The van der Waals surface area contributed by atoms with Crippen LogP contribution in [0.5, 0.6) is 0 Å². The van der Waals surface area contributed by atoms with Gasteiger partial charge in [-0.2, -0.15) is 0 Å². The van der Waals surface area contributed by atoms with E-state index in [1.807, 2.05) is 0 Å². The Hall–Kier alpha value is -1.44. The molecular formula is C14H20N2O4S. The van der Waals surface area contributed by atoms with E-state index in [0.29, 0.717) is 17.7 Å². The van der Waals surface area contributed by atoms with Crippen LogP contribution >= 0.6 is 0 Å². The fourth-order valence-electron chi connectivity index (χ4n) is 2.32. The highest BCUT2D eigenvalue weighted by Gasteiger charge is 2.30. The van der Waals surface area contributed by atoms with Gasteiger partial charge in [0.2, 0.25) is 15.9 Å². The predicted molar refractivity (Wildman–Crippen MR) is 79.6 cm³/mol. The van der Waals surface area contributed by atoms with E-state index < -0.39 is 15.6 Å². The van der Waals surface area contributed by atoms with Crippen molar-refractivity contribution in [2.75, 3.05) is 11.9 Å². The van der Waals surface area contributed by atoms with Crippen molar-refractivity contribution in [3.63, 3.8) is 0 Å². The second-order valence-corrected chi connectivity index (χ2v) is 7.61. The molecule has 7 heteroatoms. The summed E-state index contributed by atoms with van der Waals surface area (Å²) in [7, 11) is -3.70. The van der Waals surface area contributed by atoms with Crippen LogP contribution in [0.2, 0.25) is 0 Å². The van der Waals surface area contributed by atoms with E-state index in [1.54, 1.807) is 26.8 Å². The van der Waals surface area contributed by atoms with E-state index in [4.69, 9.17) is 5.11 Å². The third-order valence-electron chi connectivity index (χ3n) is 3.60. The topological polar surface area (TPSA) is 95.5 Å². The summed E-state index contributed by atoms with van der Waals surface area (Å²) in [5, 5.41) is 11.7. The Kier molecular flexibility index (Phi) is 4.10. The Morgan fingerprint density at radius 2 is 2.05 bits per heavy atom. The molecule has 0 saturated carbocycles. The van der Waals surface area contributed by atoms with Crippen molar-refractivity contribution in [1.82, 2.24) is 4.72 Å². The number of hydrogen-bond donors (Lipinski definition) is 3. The first kappa shape index (κ1) is 15.9. The molecule has 1 atom stereocenters. The maximum absolute atomic E-state index is 12.4. The van der Waals surface area contributed by atoms with Crippen LogP contribution in [-0.4, -0.2) is 31.6 Å². The molecule has 1 heterocycles. The number of aliphatic hydroxyl groups excluding tert-OH is 1. The zero-order valence-corrected chi connectivity index (χ0v) is 13.1. The monoisotopic (exact) mass is 312 g/mol. The van der Waals surface area contributed by atoms with Gasteiger partial charge in [0.25, 0.3) is 0 Å². The van der Waals surface area contributed by atoms with Crippen molar-refractivity contribution in [1.29, 1.82) is 0 Å². The molecule has 0 fully saturated rings. The lowest BCUT2D eigenvalue weighted by Crippen LogP contribution is -2.43. The SMILES string of the molecule is CC1C(=O)Nc2ccc(S(=O)(=O)NC(C)(C)CCO)cc21. The first-order chi connectivity index (χ1) is 9.66. The fourth-order valence-corrected chi connectivity index (χ4v) is 3.79. The number of carbonyl (C=O) groups is 1. The molecule has 0 aliphatic carbocycles. The van der Waals surface area contributed by atoms with Crippen LogP contribution < -0.4 is 10.0 Å². The Morgan fingerprint density at radius 3 is 2.67 bits per heavy atom. The highest BCUT2D eigenvalue weighted by molar-refractivity contribution is 7.89. The molecule has 21 heavy (non-hydrogen) atoms. The summed E-state index contributed by atoms with van der Waals surface area (Å²) in [5.41, 5.74) is 0.593. The van der Waals surface area contributed by atoms with Crippen LogP contribution in [0.15, 0.2) is 23.1 Å². The molecule has 1 aromatic carbocycles. The molecular weight excluding hydrogens is 292 g/mol. The van der Waals surface area contributed by atoms with Crippen molar-refractivity contribution in [3.05, 3.63) is 23.8 Å². The minimum absolute atomic E-state index is 0.102. The van der Waals surface area contributed by atoms with Crippen LogP contribution in [-0.2, 0) is 14.8 Å². The molecule has 1 aromatic rings. The van der Waals surface area contributed by atoms with Gasteiger partial charge in [-0.05, 0) is 51.0 Å². The van der Waals surface area contributed by atoms with Gasteiger partial charge in [-0.1, -0.05) is 0 Å². The van der Waals surface area contributed by atoms with Gasteiger partial charge in [-0.15, -0.1) is 0 Å². The molecule has 1 aliphatic rings. The van der Waals surface area contributed by atoms with Crippen LogP contribution in [0.3, 0.4) is 0 Å². The molecule has 0 aromatic heterocycles. The lowest BCUT2D eigenvalue weighted by molar-refractivity contribution is -0.116. The molecule has 116 valence electrons. The van der Waals surface area contributed by atoms with Gasteiger partial charge in [-0.25, -0.2) is 13.1 Å². The Morgan fingerprint density at radius 1 is 1.38 bits per heavy atom. The molecule has 1 aliphatic heterocycles. The summed E-state index contributed by atoms with van der Waals surface area (Å²) in [6.45, 7) is 5.06. The lowest BCUT2D eigenvalue weighted by Gasteiger charge is -2.25. The third-order valence-corrected chi connectivity index (χ3v) is 5.29. The van der Waals surface area contributed by atoms with Gasteiger partial charge >= 0.3 is 0 Å². The van der Waals surface area contributed by atoms with E-state index in [-0.39, 0.29) is 23.3 Å². The second kappa shape index (κ2) is 5.40. The first-order valence-electron chi connectivity index (χ1n) is 6.76. The highest BCUT2D eigenvalue weighted by Crippen LogP contribution is 2.33. The summed E-state index contributed by atoms with van der Waals surface area (Å²) in [4.78, 5) is 11.7. The van der Waals surface area contributed by atoms with Crippen LogP contribution in [0, 0.1) is 0 Å². The van der Waals surface area contributed by atoms with E-state index in [0.717, 1.165) is 0 Å². The van der Waals surface area contributed by atoms with Gasteiger partial charge in [0.15, 0.2) is 0 Å². The minimum Gasteiger partial charge on any atom is -0.396 e. The molecule has 1 amide bonds. The van der Waals surface area contributed by atoms with Gasteiger partial charge in [0, 0.05) is 17.8 Å². The third kappa shape index (κ3) is 3.25. The number of hydrogen-bond acceptors (Lipinski definition) is 4. The second-order valence-electron chi connectivity index (χ2n) is 5.92. The number of aliphatic hydroxyl groups is 1. The molecule has 2 rings (SSSR count). The number of sulfonamides is 1. The number of amides is 1.